The number of rotatable bonds is 2. The number of halogens is 2. The van der Waals surface area contributed by atoms with Crippen LogP contribution < -0.4 is 5.73 Å². The number of pyridine rings is 1. The largest absolute Gasteiger partial charge is 0.382 e. The zero-order valence-corrected chi connectivity index (χ0v) is 10.1. The van der Waals surface area contributed by atoms with E-state index in [-0.39, 0.29) is 11.1 Å². The van der Waals surface area contributed by atoms with Gasteiger partial charge in [0, 0.05) is 11.1 Å². The van der Waals surface area contributed by atoms with E-state index in [0.29, 0.717) is 10.0 Å². The van der Waals surface area contributed by atoms with Gasteiger partial charge in [0.25, 0.3) is 0 Å². The number of nitrogen functional groups attached to an aromatic ring is 1. The minimum atomic E-state index is 0.102. The second-order valence-electron chi connectivity index (χ2n) is 2.68. The summed E-state index contributed by atoms with van der Waals surface area (Å²) >= 11 is 12.8. The van der Waals surface area contributed by atoms with Gasteiger partial charge in [-0.3, -0.25) is 0 Å². The predicted molar refractivity (Wildman–Crippen MR) is 62.6 cm³/mol. The molecule has 0 fully saturated rings. The van der Waals surface area contributed by atoms with Gasteiger partial charge in [-0.1, -0.05) is 23.4 Å². The van der Waals surface area contributed by atoms with Crippen molar-refractivity contribution in [2.75, 3.05) is 5.73 Å². The molecule has 0 atom stereocenters. The highest BCUT2D eigenvalue weighted by Gasteiger charge is 2.07. The summed E-state index contributed by atoms with van der Waals surface area (Å²) in [6, 6.07) is 1.74. The Morgan fingerprint density at radius 1 is 1.19 bits per heavy atom. The van der Waals surface area contributed by atoms with Gasteiger partial charge in [-0.15, -0.1) is 10.2 Å². The fourth-order valence-electron chi connectivity index (χ4n) is 0.930. The van der Waals surface area contributed by atoms with Crippen molar-refractivity contribution in [3.63, 3.8) is 0 Å². The summed E-state index contributed by atoms with van der Waals surface area (Å²) in [5, 5.41) is 8.54. The molecule has 0 aliphatic rings. The Hall–Kier alpha value is -1.11. The summed E-state index contributed by atoms with van der Waals surface area (Å²) in [5.74, 6) is 0.279. The molecule has 0 amide bonds. The summed E-state index contributed by atoms with van der Waals surface area (Å²) in [7, 11) is 0. The number of aromatic nitrogens is 4. The number of hydrogen-bond donors (Lipinski definition) is 1. The third-order valence-electron chi connectivity index (χ3n) is 1.61. The summed E-state index contributed by atoms with van der Waals surface area (Å²) < 4.78 is 0. The summed E-state index contributed by atoms with van der Waals surface area (Å²) in [6.45, 7) is 0. The van der Waals surface area contributed by atoms with E-state index >= 15 is 0 Å². The Kier molecular flexibility index (Phi) is 3.42. The van der Waals surface area contributed by atoms with Gasteiger partial charge in [0.2, 0.25) is 5.28 Å². The Labute approximate surface area is 105 Å². The molecule has 0 radical (unpaired) electrons. The lowest BCUT2D eigenvalue weighted by Crippen LogP contribution is -1.93. The monoisotopic (exact) mass is 273 g/mol. The molecule has 2 N–H and O–H groups in total. The Bertz CT molecular complexity index is 504. The lowest BCUT2D eigenvalue weighted by atomic mass is 10.5. The lowest BCUT2D eigenvalue weighted by Gasteiger charge is -2.03. The topological polar surface area (TPSA) is 77.6 Å². The molecular formula is C8H5Cl2N5S. The highest BCUT2D eigenvalue weighted by Crippen LogP contribution is 2.33. The van der Waals surface area contributed by atoms with Crippen LogP contribution in [0.15, 0.2) is 28.4 Å². The first-order valence-electron chi connectivity index (χ1n) is 4.10. The molecular weight excluding hydrogens is 269 g/mol. The van der Waals surface area contributed by atoms with Crippen LogP contribution in [0.2, 0.25) is 10.3 Å². The first-order valence-corrected chi connectivity index (χ1v) is 5.67. The molecule has 2 heterocycles. The molecule has 8 heteroatoms. The third-order valence-corrected chi connectivity index (χ3v) is 3.25. The van der Waals surface area contributed by atoms with E-state index in [4.69, 9.17) is 28.9 Å². The second kappa shape index (κ2) is 4.82. The van der Waals surface area contributed by atoms with Gasteiger partial charge in [-0.05, 0) is 17.7 Å². The average Bonchev–Trinajstić information content (AvgIpc) is 2.28. The van der Waals surface area contributed by atoms with E-state index in [1.165, 1.54) is 18.0 Å². The third kappa shape index (κ3) is 2.52. The summed E-state index contributed by atoms with van der Waals surface area (Å²) in [5.41, 5.74) is 5.57. The minimum Gasteiger partial charge on any atom is -0.382 e. The van der Waals surface area contributed by atoms with Crippen molar-refractivity contribution < 1.29 is 0 Å². The zero-order valence-electron chi connectivity index (χ0n) is 7.76. The normalized spacial score (nSPS) is 10.4. The van der Waals surface area contributed by atoms with E-state index in [2.05, 4.69) is 20.2 Å². The lowest BCUT2D eigenvalue weighted by molar-refractivity contribution is 0.877. The molecule has 2 aromatic rings. The van der Waals surface area contributed by atoms with Crippen molar-refractivity contribution in [1.29, 1.82) is 0 Å². The van der Waals surface area contributed by atoms with E-state index in [0.717, 1.165) is 4.90 Å². The van der Waals surface area contributed by atoms with Crippen LogP contribution in [0, 0.1) is 0 Å². The predicted octanol–water partition coefficient (Wildman–Crippen LogP) is 2.31. The van der Waals surface area contributed by atoms with Gasteiger partial charge >= 0.3 is 0 Å². The van der Waals surface area contributed by atoms with Crippen LogP contribution in [-0.4, -0.2) is 20.2 Å². The molecule has 82 valence electrons. The SMILES string of the molecule is Nc1nccc(Sc2cnc(Cl)nn2)c1Cl. The maximum Gasteiger partial charge on any atom is 0.243 e. The van der Waals surface area contributed by atoms with Crippen LogP contribution in [0.5, 0.6) is 0 Å². The first kappa shape index (κ1) is 11.4. The number of hydrogen-bond acceptors (Lipinski definition) is 6. The highest BCUT2D eigenvalue weighted by molar-refractivity contribution is 7.99. The molecule has 2 rings (SSSR count). The van der Waals surface area contributed by atoms with Crippen LogP contribution in [0.4, 0.5) is 5.82 Å². The molecule has 0 aliphatic carbocycles. The van der Waals surface area contributed by atoms with E-state index in [1.807, 2.05) is 0 Å². The standard InChI is InChI=1S/C8H5Cl2N5S/c9-6-4(1-2-12-7(6)11)16-5-3-13-8(10)15-14-5/h1-3H,(H2,11,12). The van der Waals surface area contributed by atoms with Crippen LogP contribution in [-0.2, 0) is 0 Å². The van der Waals surface area contributed by atoms with E-state index in [9.17, 15) is 0 Å². The second-order valence-corrected chi connectivity index (χ2v) is 4.45. The Morgan fingerprint density at radius 2 is 2.00 bits per heavy atom. The van der Waals surface area contributed by atoms with Crippen LogP contribution in [0.1, 0.15) is 0 Å². The molecule has 0 aromatic carbocycles. The molecule has 0 unspecified atom stereocenters. The van der Waals surface area contributed by atoms with Crippen molar-refractivity contribution in [3.05, 3.63) is 28.8 Å². The van der Waals surface area contributed by atoms with Crippen molar-refractivity contribution in [3.8, 4) is 0 Å². The maximum atomic E-state index is 5.97. The van der Waals surface area contributed by atoms with Crippen molar-refractivity contribution in [2.45, 2.75) is 9.92 Å². The quantitative estimate of drug-likeness (QED) is 0.905. The minimum absolute atomic E-state index is 0.102. The molecule has 0 saturated heterocycles. The fraction of sp³-hybridized carbons (Fsp3) is 0. The molecule has 0 saturated carbocycles. The average molecular weight is 274 g/mol. The summed E-state index contributed by atoms with van der Waals surface area (Å²) in [4.78, 5) is 8.41. The number of nitrogens with zero attached hydrogens (tertiary/aromatic N) is 4. The van der Waals surface area contributed by atoms with Gasteiger partial charge in [0.05, 0.1) is 11.2 Å². The molecule has 5 nitrogen and oxygen atoms in total. The van der Waals surface area contributed by atoms with Crippen LogP contribution in [0.3, 0.4) is 0 Å². The van der Waals surface area contributed by atoms with Gasteiger partial charge in [-0.2, -0.15) is 0 Å². The van der Waals surface area contributed by atoms with E-state index in [1.54, 1.807) is 12.3 Å². The smallest absolute Gasteiger partial charge is 0.243 e. The molecule has 0 aliphatic heterocycles. The molecule has 2 aromatic heterocycles. The molecule has 0 bridgehead atoms. The molecule has 0 spiro atoms. The molecule has 16 heavy (non-hydrogen) atoms. The number of nitrogens with two attached hydrogens (primary N) is 1. The van der Waals surface area contributed by atoms with Gasteiger partial charge in [-0.25, -0.2) is 9.97 Å². The fourth-order valence-corrected chi connectivity index (χ4v) is 1.98. The summed E-state index contributed by atoms with van der Waals surface area (Å²) in [6.07, 6.45) is 3.08. The highest BCUT2D eigenvalue weighted by atomic mass is 35.5. The number of anilines is 1. The van der Waals surface area contributed by atoms with Crippen molar-refractivity contribution in [2.24, 2.45) is 0 Å². The van der Waals surface area contributed by atoms with Gasteiger partial charge in [0.15, 0.2) is 0 Å². The van der Waals surface area contributed by atoms with Crippen molar-refractivity contribution >= 4 is 40.8 Å². The maximum absolute atomic E-state index is 5.97. The zero-order chi connectivity index (χ0) is 11.5. The Balaban J connectivity index is 2.27. The Morgan fingerprint density at radius 3 is 2.69 bits per heavy atom. The van der Waals surface area contributed by atoms with Gasteiger partial charge < -0.3 is 5.73 Å². The van der Waals surface area contributed by atoms with Crippen molar-refractivity contribution in [1.82, 2.24) is 20.2 Å². The van der Waals surface area contributed by atoms with E-state index < -0.39 is 0 Å². The first-order chi connectivity index (χ1) is 7.66. The van der Waals surface area contributed by atoms with Crippen LogP contribution >= 0.6 is 35.0 Å². The van der Waals surface area contributed by atoms with Crippen LogP contribution in [0.25, 0.3) is 0 Å². The van der Waals surface area contributed by atoms with Gasteiger partial charge in [0.1, 0.15) is 10.8 Å².